The van der Waals surface area contributed by atoms with Crippen LogP contribution in [0.3, 0.4) is 0 Å². The zero-order valence-electron chi connectivity index (χ0n) is 24.8. The van der Waals surface area contributed by atoms with Crippen LogP contribution < -0.4 is 0 Å². The lowest BCUT2D eigenvalue weighted by Crippen LogP contribution is -1.92. The van der Waals surface area contributed by atoms with Crippen LogP contribution in [0, 0.1) is 0 Å². The fourth-order valence-electron chi connectivity index (χ4n) is 7.58. The molecule has 2 heteroatoms. The van der Waals surface area contributed by atoms with E-state index in [2.05, 4.69) is 133 Å². The highest BCUT2D eigenvalue weighted by atomic mass is 16.3. The minimum Gasteiger partial charge on any atom is -0.456 e. The van der Waals surface area contributed by atoms with Gasteiger partial charge < -0.3 is 8.83 Å². The largest absolute Gasteiger partial charge is 0.456 e. The van der Waals surface area contributed by atoms with Gasteiger partial charge in [0.15, 0.2) is 0 Å². The average Bonchev–Trinajstić information content (AvgIpc) is 3.69. The van der Waals surface area contributed by atoms with Gasteiger partial charge in [-0.15, -0.1) is 0 Å². The molecule has 10 rings (SSSR count). The topological polar surface area (TPSA) is 26.3 Å². The second-order valence-corrected chi connectivity index (χ2v) is 11.9. The van der Waals surface area contributed by atoms with Gasteiger partial charge in [0.25, 0.3) is 0 Å². The summed E-state index contributed by atoms with van der Waals surface area (Å²) in [6, 6.07) is 56.0. The zero-order valence-corrected chi connectivity index (χ0v) is 24.8. The smallest absolute Gasteiger partial charge is 0.143 e. The molecule has 0 saturated heterocycles. The summed E-state index contributed by atoms with van der Waals surface area (Å²) in [5, 5.41) is 9.24. The molecule has 0 unspecified atom stereocenters. The van der Waals surface area contributed by atoms with Crippen molar-refractivity contribution in [2.75, 3.05) is 0 Å². The lowest BCUT2D eigenvalue weighted by atomic mass is 9.83. The van der Waals surface area contributed by atoms with Gasteiger partial charge in [-0.3, -0.25) is 0 Å². The average molecular weight is 587 g/mol. The second-order valence-electron chi connectivity index (χ2n) is 11.9. The highest BCUT2D eigenvalue weighted by Gasteiger charge is 2.23. The summed E-state index contributed by atoms with van der Waals surface area (Å²) in [6.45, 7) is 0. The molecule has 0 saturated carbocycles. The fraction of sp³-hybridized carbons (Fsp3) is 0. The first-order valence-corrected chi connectivity index (χ1v) is 15.7. The van der Waals surface area contributed by atoms with Crippen LogP contribution in [0.4, 0.5) is 0 Å². The summed E-state index contributed by atoms with van der Waals surface area (Å²) >= 11 is 0. The Labute approximate surface area is 264 Å². The summed E-state index contributed by atoms with van der Waals surface area (Å²) in [7, 11) is 0. The van der Waals surface area contributed by atoms with Gasteiger partial charge in [-0.2, -0.15) is 0 Å². The van der Waals surface area contributed by atoms with Crippen LogP contribution in [0.2, 0.25) is 0 Å². The van der Waals surface area contributed by atoms with Crippen molar-refractivity contribution in [3.05, 3.63) is 158 Å². The van der Waals surface area contributed by atoms with Crippen molar-refractivity contribution < 1.29 is 8.83 Å². The van der Waals surface area contributed by atoms with E-state index in [1.807, 2.05) is 24.3 Å². The molecule has 0 atom stereocenters. The summed E-state index contributed by atoms with van der Waals surface area (Å²) < 4.78 is 13.1. The summed E-state index contributed by atoms with van der Waals surface area (Å²) in [5.74, 6) is 0. The van der Waals surface area contributed by atoms with Gasteiger partial charge in [0.2, 0.25) is 0 Å². The van der Waals surface area contributed by atoms with Crippen LogP contribution >= 0.6 is 0 Å². The Hall–Kier alpha value is -6.12. The van der Waals surface area contributed by atoms with Crippen molar-refractivity contribution in [2.24, 2.45) is 0 Å². The molecular formula is C44H26O2. The van der Waals surface area contributed by atoms with E-state index in [0.717, 1.165) is 49.4 Å². The predicted molar refractivity (Wildman–Crippen MR) is 192 cm³/mol. The van der Waals surface area contributed by atoms with Crippen LogP contribution in [0.15, 0.2) is 167 Å². The van der Waals surface area contributed by atoms with E-state index >= 15 is 0 Å². The van der Waals surface area contributed by atoms with Gasteiger partial charge in [-0.25, -0.2) is 0 Å². The van der Waals surface area contributed by atoms with Crippen molar-refractivity contribution in [1.82, 2.24) is 0 Å². The van der Waals surface area contributed by atoms with Crippen molar-refractivity contribution in [3.63, 3.8) is 0 Å². The Balaban J connectivity index is 1.33. The van der Waals surface area contributed by atoms with Crippen molar-refractivity contribution in [1.29, 1.82) is 0 Å². The van der Waals surface area contributed by atoms with Gasteiger partial charge in [0.05, 0.1) is 0 Å². The first-order chi connectivity index (χ1) is 22.8. The third-order valence-electron chi connectivity index (χ3n) is 9.48. The van der Waals surface area contributed by atoms with E-state index in [0.29, 0.717) is 0 Å². The standard InChI is InChI=1S/C44H26O2/c1-2-13-27(14-3-1)28-15-4-5-16-29(28)40-30-17-6-8-19-32(30)41(33-20-9-7-18-31(33)40)35-22-12-23-36-43-39(46-44(35)36)26-25-38-42(43)34-21-10-11-24-37(34)45-38/h1-26H. The molecule has 0 amide bonds. The Bertz CT molecular complexity index is 2740. The molecule has 46 heavy (non-hydrogen) atoms. The lowest BCUT2D eigenvalue weighted by Gasteiger charge is -2.19. The molecule has 0 spiro atoms. The predicted octanol–water partition coefficient (Wildman–Crippen LogP) is 12.8. The van der Waals surface area contributed by atoms with Crippen LogP contribution in [0.5, 0.6) is 0 Å². The van der Waals surface area contributed by atoms with Crippen LogP contribution in [-0.4, -0.2) is 0 Å². The minimum atomic E-state index is 0.864. The van der Waals surface area contributed by atoms with Gasteiger partial charge in [-0.05, 0) is 62.0 Å². The Kier molecular flexibility index (Phi) is 5.31. The highest BCUT2D eigenvalue weighted by Crippen LogP contribution is 2.49. The van der Waals surface area contributed by atoms with E-state index in [9.17, 15) is 0 Å². The molecule has 2 nitrogen and oxygen atoms in total. The van der Waals surface area contributed by atoms with Gasteiger partial charge in [0, 0.05) is 32.7 Å². The maximum Gasteiger partial charge on any atom is 0.143 e. The molecule has 214 valence electrons. The number of hydrogen-bond donors (Lipinski definition) is 0. The SMILES string of the molecule is c1ccc(-c2ccccc2-c2c3ccccc3c(-c3cccc4c3oc3ccc5oc6ccccc6c5c34)c3ccccc23)cc1. The second kappa shape index (κ2) is 9.69. The van der Waals surface area contributed by atoms with Crippen molar-refractivity contribution in [3.8, 4) is 33.4 Å². The van der Waals surface area contributed by atoms with Gasteiger partial charge in [0.1, 0.15) is 22.3 Å². The molecular weight excluding hydrogens is 560 g/mol. The summed E-state index contributed by atoms with van der Waals surface area (Å²) in [6.07, 6.45) is 0. The summed E-state index contributed by atoms with van der Waals surface area (Å²) in [5.41, 5.74) is 10.7. The Morgan fingerprint density at radius 1 is 0.283 bits per heavy atom. The number of rotatable bonds is 3. The van der Waals surface area contributed by atoms with E-state index in [4.69, 9.17) is 8.83 Å². The number of hydrogen-bond acceptors (Lipinski definition) is 2. The molecule has 0 radical (unpaired) electrons. The molecule has 0 fully saturated rings. The maximum atomic E-state index is 6.81. The summed E-state index contributed by atoms with van der Waals surface area (Å²) in [4.78, 5) is 0. The third kappa shape index (κ3) is 3.53. The minimum absolute atomic E-state index is 0.864. The maximum absolute atomic E-state index is 6.81. The Morgan fingerprint density at radius 3 is 1.46 bits per heavy atom. The molecule has 0 bridgehead atoms. The molecule has 2 heterocycles. The first kappa shape index (κ1) is 25.2. The van der Waals surface area contributed by atoms with Crippen molar-refractivity contribution in [2.45, 2.75) is 0 Å². The number of fused-ring (bicyclic) bond motifs is 9. The third-order valence-corrected chi connectivity index (χ3v) is 9.48. The molecule has 10 aromatic rings. The molecule has 2 aromatic heterocycles. The van der Waals surface area contributed by atoms with Gasteiger partial charge in [-0.1, -0.05) is 140 Å². The monoisotopic (exact) mass is 586 g/mol. The number of furan rings is 2. The van der Waals surface area contributed by atoms with E-state index in [1.54, 1.807) is 0 Å². The molecule has 0 aliphatic rings. The zero-order chi connectivity index (χ0) is 30.2. The van der Waals surface area contributed by atoms with Crippen molar-refractivity contribution >= 4 is 65.4 Å². The molecule has 0 N–H and O–H groups in total. The van der Waals surface area contributed by atoms with Crippen LogP contribution in [0.1, 0.15) is 0 Å². The highest BCUT2D eigenvalue weighted by molar-refractivity contribution is 6.29. The number of para-hydroxylation sites is 2. The fourth-order valence-corrected chi connectivity index (χ4v) is 7.58. The first-order valence-electron chi connectivity index (χ1n) is 15.7. The Morgan fingerprint density at radius 2 is 0.761 bits per heavy atom. The molecule has 0 aliphatic carbocycles. The van der Waals surface area contributed by atoms with E-state index in [1.165, 1.54) is 49.4 Å². The van der Waals surface area contributed by atoms with Crippen LogP contribution in [0.25, 0.3) is 98.8 Å². The van der Waals surface area contributed by atoms with Crippen LogP contribution in [-0.2, 0) is 0 Å². The van der Waals surface area contributed by atoms with Gasteiger partial charge >= 0.3 is 0 Å². The quantitative estimate of drug-likeness (QED) is 0.193. The number of benzene rings is 8. The lowest BCUT2D eigenvalue weighted by molar-refractivity contribution is 0.663. The van der Waals surface area contributed by atoms with E-state index in [-0.39, 0.29) is 0 Å². The normalized spacial score (nSPS) is 11.9. The van der Waals surface area contributed by atoms with E-state index < -0.39 is 0 Å². The molecule has 0 aliphatic heterocycles. The molecule has 8 aromatic carbocycles.